The summed E-state index contributed by atoms with van der Waals surface area (Å²) in [5, 5.41) is 0. The lowest BCUT2D eigenvalue weighted by molar-refractivity contribution is -0.130. The molecule has 1 atom stereocenters. The quantitative estimate of drug-likeness (QED) is 0.541. The number of ether oxygens (including phenoxy) is 1. The van der Waals surface area contributed by atoms with E-state index in [2.05, 4.69) is 4.98 Å². The SMILES string of the molecule is COc1cc(C=C2CCCN([C@@H](C)c3cccc(F)c3)C2=O)ccc1-n1cnc(C)c1. The molecule has 31 heavy (non-hydrogen) atoms. The Bertz CT molecular complexity index is 1140. The van der Waals surface area contributed by atoms with Crippen LogP contribution in [0.25, 0.3) is 11.8 Å². The summed E-state index contributed by atoms with van der Waals surface area (Å²) in [7, 11) is 1.63. The van der Waals surface area contributed by atoms with Crippen molar-refractivity contribution in [1.82, 2.24) is 14.5 Å². The van der Waals surface area contributed by atoms with Gasteiger partial charge >= 0.3 is 0 Å². The van der Waals surface area contributed by atoms with Crippen LogP contribution in [0.2, 0.25) is 0 Å². The molecule has 1 aliphatic heterocycles. The van der Waals surface area contributed by atoms with Gasteiger partial charge in [-0.1, -0.05) is 18.2 Å². The summed E-state index contributed by atoms with van der Waals surface area (Å²) in [6, 6.07) is 12.1. The van der Waals surface area contributed by atoms with Crippen molar-refractivity contribution in [1.29, 1.82) is 0 Å². The first-order chi connectivity index (χ1) is 15.0. The number of imidazole rings is 1. The van der Waals surface area contributed by atoms with Crippen LogP contribution in [-0.4, -0.2) is 34.0 Å². The third kappa shape index (κ3) is 4.38. The summed E-state index contributed by atoms with van der Waals surface area (Å²) in [5.74, 6) is 0.418. The van der Waals surface area contributed by atoms with Gasteiger partial charge in [0, 0.05) is 18.3 Å². The van der Waals surface area contributed by atoms with Gasteiger partial charge in [-0.3, -0.25) is 4.79 Å². The van der Waals surface area contributed by atoms with Crippen LogP contribution < -0.4 is 4.74 Å². The highest BCUT2D eigenvalue weighted by molar-refractivity contribution is 5.98. The van der Waals surface area contributed by atoms with Crippen LogP contribution in [0.1, 0.15) is 42.6 Å². The maximum atomic E-state index is 13.7. The molecular formula is C25H26FN3O2. The Labute approximate surface area is 181 Å². The van der Waals surface area contributed by atoms with Gasteiger partial charge in [0.1, 0.15) is 11.6 Å². The van der Waals surface area contributed by atoms with E-state index in [-0.39, 0.29) is 17.8 Å². The zero-order chi connectivity index (χ0) is 22.0. The van der Waals surface area contributed by atoms with Crippen LogP contribution >= 0.6 is 0 Å². The second-order valence-electron chi connectivity index (χ2n) is 7.86. The topological polar surface area (TPSA) is 47.4 Å². The van der Waals surface area contributed by atoms with E-state index in [1.165, 1.54) is 12.1 Å². The molecule has 0 aliphatic carbocycles. The Hall–Kier alpha value is -3.41. The number of likely N-dealkylation sites (tertiary alicyclic amines) is 1. The van der Waals surface area contributed by atoms with Gasteiger partial charge in [-0.2, -0.15) is 0 Å². The minimum Gasteiger partial charge on any atom is -0.495 e. The molecule has 0 radical (unpaired) electrons. The molecule has 0 bridgehead atoms. The molecule has 3 aromatic rings. The van der Waals surface area contributed by atoms with Gasteiger partial charge in [-0.05, 0) is 68.2 Å². The number of rotatable bonds is 5. The Morgan fingerprint density at radius 1 is 1.23 bits per heavy atom. The minimum absolute atomic E-state index is 0.00344. The number of benzene rings is 2. The summed E-state index contributed by atoms with van der Waals surface area (Å²) in [6.45, 7) is 4.55. The molecule has 1 fully saturated rings. The van der Waals surface area contributed by atoms with Crippen molar-refractivity contribution in [3.8, 4) is 11.4 Å². The summed E-state index contributed by atoms with van der Waals surface area (Å²) in [6.07, 6.45) is 7.21. The lowest BCUT2D eigenvalue weighted by atomic mass is 9.97. The molecule has 0 saturated carbocycles. The number of carbonyl (C=O) groups is 1. The summed E-state index contributed by atoms with van der Waals surface area (Å²) in [4.78, 5) is 19.3. The first-order valence-electron chi connectivity index (χ1n) is 10.4. The average molecular weight is 420 g/mol. The molecular weight excluding hydrogens is 393 g/mol. The van der Waals surface area contributed by atoms with E-state index in [1.54, 1.807) is 19.5 Å². The van der Waals surface area contributed by atoms with Gasteiger partial charge in [0.25, 0.3) is 0 Å². The van der Waals surface area contributed by atoms with Crippen LogP contribution in [0.3, 0.4) is 0 Å². The molecule has 0 unspecified atom stereocenters. The van der Waals surface area contributed by atoms with Gasteiger partial charge in [-0.25, -0.2) is 9.37 Å². The molecule has 1 aromatic heterocycles. The minimum atomic E-state index is -0.287. The van der Waals surface area contributed by atoms with Gasteiger partial charge in [0.2, 0.25) is 5.91 Å². The number of aryl methyl sites for hydroxylation is 1. The molecule has 6 heteroatoms. The molecule has 1 aliphatic rings. The van der Waals surface area contributed by atoms with E-state index in [0.717, 1.165) is 40.9 Å². The largest absolute Gasteiger partial charge is 0.495 e. The summed E-state index contributed by atoms with van der Waals surface area (Å²) >= 11 is 0. The molecule has 0 N–H and O–H groups in total. The van der Waals surface area contributed by atoms with E-state index in [1.807, 2.05) is 59.9 Å². The monoisotopic (exact) mass is 419 g/mol. The van der Waals surface area contributed by atoms with Crippen molar-refractivity contribution in [3.05, 3.63) is 83.2 Å². The maximum absolute atomic E-state index is 13.7. The summed E-state index contributed by atoms with van der Waals surface area (Å²) in [5.41, 5.74) is 4.27. The second kappa shape index (κ2) is 8.76. The van der Waals surface area contributed by atoms with Crippen molar-refractivity contribution in [2.24, 2.45) is 0 Å². The second-order valence-corrected chi connectivity index (χ2v) is 7.86. The van der Waals surface area contributed by atoms with Crippen molar-refractivity contribution in [3.63, 3.8) is 0 Å². The van der Waals surface area contributed by atoms with Gasteiger partial charge in [0.05, 0.1) is 30.9 Å². The maximum Gasteiger partial charge on any atom is 0.250 e. The number of amides is 1. The third-order valence-corrected chi connectivity index (χ3v) is 5.71. The van der Waals surface area contributed by atoms with Crippen molar-refractivity contribution in [2.75, 3.05) is 13.7 Å². The molecule has 2 aromatic carbocycles. The lowest BCUT2D eigenvalue weighted by Gasteiger charge is -2.34. The fourth-order valence-electron chi connectivity index (χ4n) is 4.03. The number of carbonyl (C=O) groups excluding carboxylic acids is 1. The Morgan fingerprint density at radius 2 is 2.06 bits per heavy atom. The van der Waals surface area contributed by atoms with Crippen LogP contribution in [0.15, 0.2) is 60.6 Å². The molecule has 1 saturated heterocycles. The number of piperidine rings is 1. The molecule has 1 amide bonds. The van der Waals surface area contributed by atoms with E-state index in [0.29, 0.717) is 12.3 Å². The first-order valence-corrected chi connectivity index (χ1v) is 10.4. The highest BCUT2D eigenvalue weighted by Gasteiger charge is 2.28. The predicted octanol–water partition coefficient (Wildman–Crippen LogP) is 5.10. The number of hydrogen-bond donors (Lipinski definition) is 0. The Kier molecular flexibility index (Phi) is 5.89. The Balaban J connectivity index is 1.60. The number of aromatic nitrogens is 2. The van der Waals surface area contributed by atoms with Crippen LogP contribution in [0.5, 0.6) is 5.75 Å². The predicted molar refractivity (Wildman–Crippen MR) is 119 cm³/mol. The zero-order valence-electron chi connectivity index (χ0n) is 18.0. The van der Waals surface area contributed by atoms with Crippen LogP contribution in [-0.2, 0) is 4.79 Å². The van der Waals surface area contributed by atoms with Crippen molar-refractivity contribution in [2.45, 2.75) is 32.7 Å². The standard InChI is InChI=1S/C25H26FN3O2/c1-17-15-28(16-27-17)23-10-9-19(13-24(23)31-3)12-21-7-5-11-29(25(21)30)18(2)20-6-4-8-22(26)14-20/h4,6,8-10,12-16,18H,5,7,11H2,1-3H3/t18-/m0/s1. The number of nitrogens with zero attached hydrogens (tertiary/aromatic N) is 3. The first kappa shape index (κ1) is 20.8. The number of methoxy groups -OCH3 is 1. The summed E-state index contributed by atoms with van der Waals surface area (Å²) < 4.78 is 21.2. The normalized spacial score (nSPS) is 16.6. The lowest BCUT2D eigenvalue weighted by Crippen LogP contribution is -2.38. The van der Waals surface area contributed by atoms with Crippen molar-refractivity contribution < 1.29 is 13.9 Å². The molecule has 160 valence electrons. The Morgan fingerprint density at radius 3 is 2.77 bits per heavy atom. The zero-order valence-corrected chi connectivity index (χ0v) is 18.0. The molecule has 0 spiro atoms. The van der Waals surface area contributed by atoms with Gasteiger partial charge in [0.15, 0.2) is 0 Å². The average Bonchev–Trinajstić information content (AvgIpc) is 3.20. The molecule has 5 nitrogen and oxygen atoms in total. The highest BCUT2D eigenvalue weighted by atomic mass is 19.1. The fraction of sp³-hybridized carbons (Fsp3) is 0.280. The van der Waals surface area contributed by atoms with E-state index in [4.69, 9.17) is 4.74 Å². The number of hydrogen-bond acceptors (Lipinski definition) is 3. The van der Waals surface area contributed by atoms with Crippen molar-refractivity contribution >= 4 is 12.0 Å². The highest BCUT2D eigenvalue weighted by Crippen LogP contribution is 2.30. The van der Waals surface area contributed by atoms with E-state index in [9.17, 15) is 9.18 Å². The van der Waals surface area contributed by atoms with Gasteiger partial charge in [-0.15, -0.1) is 0 Å². The smallest absolute Gasteiger partial charge is 0.250 e. The van der Waals surface area contributed by atoms with Crippen LogP contribution in [0.4, 0.5) is 4.39 Å². The third-order valence-electron chi connectivity index (χ3n) is 5.71. The molecule has 4 rings (SSSR count). The van der Waals surface area contributed by atoms with Crippen LogP contribution in [0, 0.1) is 12.7 Å². The fourth-order valence-corrected chi connectivity index (χ4v) is 4.03. The van der Waals surface area contributed by atoms with E-state index >= 15 is 0 Å². The number of halogens is 1. The van der Waals surface area contributed by atoms with E-state index < -0.39 is 0 Å². The van der Waals surface area contributed by atoms with Gasteiger partial charge < -0.3 is 14.2 Å². The molecule has 2 heterocycles.